The third-order valence-corrected chi connectivity index (χ3v) is 3.73. The third kappa shape index (κ3) is 3.75. The molecule has 1 aromatic rings. The minimum Gasteiger partial charge on any atom is -0.347 e. The molecule has 0 N–H and O–H groups in total. The minimum atomic E-state index is -4.33. The lowest BCUT2D eigenvalue weighted by molar-refractivity contribution is -0.138. The second kappa shape index (κ2) is 6.05. The third-order valence-electron chi connectivity index (χ3n) is 3.73. The zero-order valence-corrected chi connectivity index (χ0v) is 12.2. The number of rotatable bonds is 3. The van der Waals surface area contributed by atoms with Crippen LogP contribution in [0.5, 0.6) is 0 Å². The molecule has 1 atom stereocenters. The minimum absolute atomic E-state index is 0.0134. The maximum atomic E-state index is 12.7. The number of benzene rings is 1. The maximum absolute atomic E-state index is 12.7. The monoisotopic (exact) mass is 300 g/mol. The van der Waals surface area contributed by atoms with Gasteiger partial charge >= 0.3 is 6.18 Å². The number of carbonyl (C=O) groups is 1. The van der Waals surface area contributed by atoms with Crippen molar-refractivity contribution in [1.29, 1.82) is 0 Å². The first-order valence-electron chi connectivity index (χ1n) is 6.90. The highest BCUT2D eigenvalue weighted by molar-refractivity contribution is 5.81. The van der Waals surface area contributed by atoms with E-state index in [9.17, 15) is 18.0 Å². The van der Waals surface area contributed by atoms with E-state index in [2.05, 4.69) is 0 Å². The fraction of sp³-hybridized carbons (Fsp3) is 0.533. The average Bonchev–Trinajstić information content (AvgIpc) is 2.85. The molecule has 1 heterocycles. The molecular weight excluding hydrogens is 281 g/mol. The van der Waals surface area contributed by atoms with Gasteiger partial charge in [0.25, 0.3) is 0 Å². The Hall–Kier alpha value is -1.56. The molecule has 0 unspecified atom stereocenters. The highest BCUT2D eigenvalue weighted by atomic mass is 19.4. The molecule has 116 valence electrons. The van der Waals surface area contributed by atoms with E-state index >= 15 is 0 Å². The van der Waals surface area contributed by atoms with E-state index in [1.807, 2.05) is 4.90 Å². The quantitative estimate of drug-likeness (QED) is 0.857. The summed E-state index contributed by atoms with van der Waals surface area (Å²) < 4.78 is 38.2. The Morgan fingerprint density at radius 2 is 2.10 bits per heavy atom. The molecule has 0 radical (unpaired) electrons. The van der Waals surface area contributed by atoms with Gasteiger partial charge in [0.2, 0.25) is 5.91 Å². The Morgan fingerprint density at radius 1 is 1.38 bits per heavy atom. The molecule has 1 saturated heterocycles. The van der Waals surface area contributed by atoms with Gasteiger partial charge in [-0.3, -0.25) is 9.69 Å². The largest absolute Gasteiger partial charge is 0.416 e. The lowest BCUT2D eigenvalue weighted by atomic mass is 10.1. The van der Waals surface area contributed by atoms with E-state index in [1.54, 1.807) is 20.2 Å². The summed E-state index contributed by atoms with van der Waals surface area (Å²) >= 11 is 0. The lowest BCUT2D eigenvalue weighted by Crippen LogP contribution is -2.42. The van der Waals surface area contributed by atoms with Crippen LogP contribution < -0.4 is 0 Å². The predicted molar refractivity (Wildman–Crippen MR) is 73.6 cm³/mol. The highest BCUT2D eigenvalue weighted by Gasteiger charge is 2.33. The van der Waals surface area contributed by atoms with Crippen molar-refractivity contribution in [2.45, 2.75) is 31.6 Å². The second-order valence-electron chi connectivity index (χ2n) is 5.56. The molecule has 1 aliphatic rings. The second-order valence-corrected chi connectivity index (χ2v) is 5.56. The summed E-state index contributed by atoms with van der Waals surface area (Å²) in [6.07, 6.45) is -2.68. The van der Waals surface area contributed by atoms with E-state index in [0.717, 1.165) is 31.5 Å². The van der Waals surface area contributed by atoms with Gasteiger partial charge in [0.15, 0.2) is 0 Å². The zero-order valence-electron chi connectivity index (χ0n) is 12.2. The van der Waals surface area contributed by atoms with Gasteiger partial charge in [0, 0.05) is 20.6 Å². The van der Waals surface area contributed by atoms with Crippen LogP contribution in [0.25, 0.3) is 0 Å². The van der Waals surface area contributed by atoms with Gasteiger partial charge in [-0.1, -0.05) is 18.2 Å². The maximum Gasteiger partial charge on any atom is 0.416 e. The highest BCUT2D eigenvalue weighted by Crippen LogP contribution is 2.30. The Kier molecular flexibility index (Phi) is 4.56. The SMILES string of the molecule is CN(C)C(=O)[C@H]1CCCN1Cc1cccc(C(F)(F)F)c1. The summed E-state index contributed by atoms with van der Waals surface area (Å²) in [7, 11) is 3.40. The first kappa shape index (κ1) is 15.8. The van der Waals surface area contributed by atoms with Crippen LogP contribution in [0.15, 0.2) is 24.3 Å². The van der Waals surface area contributed by atoms with Gasteiger partial charge in [0.1, 0.15) is 0 Å². The summed E-state index contributed by atoms with van der Waals surface area (Å²) in [5.41, 5.74) is -0.0574. The fourth-order valence-electron chi connectivity index (χ4n) is 2.67. The normalized spacial score (nSPS) is 19.8. The summed E-state index contributed by atoms with van der Waals surface area (Å²) in [4.78, 5) is 15.6. The van der Waals surface area contributed by atoms with Gasteiger partial charge in [-0.25, -0.2) is 0 Å². The van der Waals surface area contributed by atoms with E-state index < -0.39 is 11.7 Å². The summed E-state index contributed by atoms with van der Waals surface area (Å²) in [5, 5.41) is 0. The standard InChI is InChI=1S/C15H19F3N2O/c1-19(2)14(21)13-7-4-8-20(13)10-11-5-3-6-12(9-11)15(16,17)18/h3,5-6,9,13H,4,7-8,10H2,1-2H3/t13-/m1/s1. The van der Waals surface area contributed by atoms with Crippen LogP contribution >= 0.6 is 0 Å². The van der Waals surface area contributed by atoms with Crippen LogP contribution in [0.4, 0.5) is 13.2 Å². The van der Waals surface area contributed by atoms with Crippen molar-refractivity contribution < 1.29 is 18.0 Å². The van der Waals surface area contributed by atoms with Crippen molar-refractivity contribution in [1.82, 2.24) is 9.80 Å². The van der Waals surface area contributed by atoms with Crippen molar-refractivity contribution in [2.24, 2.45) is 0 Å². The molecule has 21 heavy (non-hydrogen) atoms. The number of likely N-dealkylation sites (N-methyl/N-ethyl adjacent to an activating group) is 1. The molecule has 2 rings (SSSR count). The van der Waals surface area contributed by atoms with Gasteiger partial charge in [0.05, 0.1) is 11.6 Å². The van der Waals surface area contributed by atoms with Crippen LogP contribution in [0.1, 0.15) is 24.0 Å². The molecule has 1 amide bonds. The molecule has 1 fully saturated rings. The Labute approximate surface area is 122 Å². The Balaban J connectivity index is 2.12. The molecule has 0 spiro atoms. The number of amides is 1. The van der Waals surface area contributed by atoms with Crippen molar-refractivity contribution >= 4 is 5.91 Å². The number of halogens is 3. The molecule has 0 saturated carbocycles. The van der Waals surface area contributed by atoms with Gasteiger partial charge in [-0.05, 0) is 31.0 Å². The summed E-state index contributed by atoms with van der Waals surface area (Å²) in [5.74, 6) is 0.0134. The number of alkyl halides is 3. The number of nitrogens with zero attached hydrogens (tertiary/aromatic N) is 2. The van der Waals surface area contributed by atoms with E-state index in [-0.39, 0.29) is 11.9 Å². The summed E-state index contributed by atoms with van der Waals surface area (Å²) in [6.45, 7) is 1.11. The van der Waals surface area contributed by atoms with Crippen molar-refractivity contribution in [2.75, 3.05) is 20.6 Å². The lowest BCUT2D eigenvalue weighted by Gasteiger charge is -2.26. The Bertz CT molecular complexity index is 514. The van der Waals surface area contributed by atoms with E-state index in [4.69, 9.17) is 0 Å². The van der Waals surface area contributed by atoms with Crippen molar-refractivity contribution in [3.8, 4) is 0 Å². The first-order chi connectivity index (χ1) is 9.79. The molecule has 0 aromatic heterocycles. The van der Waals surface area contributed by atoms with Crippen molar-refractivity contribution in [3.63, 3.8) is 0 Å². The molecule has 3 nitrogen and oxygen atoms in total. The first-order valence-corrected chi connectivity index (χ1v) is 6.90. The van der Waals surface area contributed by atoms with Crippen LogP contribution in [-0.4, -0.2) is 42.4 Å². The molecule has 1 aliphatic heterocycles. The van der Waals surface area contributed by atoms with Crippen LogP contribution in [-0.2, 0) is 17.5 Å². The number of carbonyl (C=O) groups excluding carboxylic acids is 1. The molecular formula is C15H19F3N2O. The van der Waals surface area contributed by atoms with Crippen LogP contribution in [0, 0.1) is 0 Å². The van der Waals surface area contributed by atoms with Crippen LogP contribution in [0.2, 0.25) is 0 Å². The van der Waals surface area contributed by atoms with E-state index in [1.165, 1.54) is 11.0 Å². The van der Waals surface area contributed by atoms with Gasteiger partial charge in [-0.15, -0.1) is 0 Å². The Morgan fingerprint density at radius 3 is 2.71 bits per heavy atom. The topological polar surface area (TPSA) is 23.6 Å². The van der Waals surface area contributed by atoms with Crippen molar-refractivity contribution in [3.05, 3.63) is 35.4 Å². The smallest absolute Gasteiger partial charge is 0.347 e. The number of hydrogen-bond donors (Lipinski definition) is 0. The van der Waals surface area contributed by atoms with E-state index in [0.29, 0.717) is 12.1 Å². The number of likely N-dealkylation sites (tertiary alicyclic amines) is 1. The molecule has 0 aliphatic carbocycles. The zero-order chi connectivity index (χ0) is 15.6. The van der Waals surface area contributed by atoms with Gasteiger partial charge in [-0.2, -0.15) is 13.2 Å². The average molecular weight is 300 g/mol. The molecule has 6 heteroatoms. The number of hydrogen-bond acceptors (Lipinski definition) is 2. The predicted octanol–water partition coefficient (Wildman–Crippen LogP) is 2.76. The van der Waals surface area contributed by atoms with Crippen LogP contribution in [0.3, 0.4) is 0 Å². The molecule has 1 aromatic carbocycles. The fourth-order valence-corrected chi connectivity index (χ4v) is 2.67. The summed E-state index contributed by atoms with van der Waals surface area (Å²) in [6, 6.07) is 5.09. The van der Waals surface area contributed by atoms with Gasteiger partial charge < -0.3 is 4.90 Å². The molecule has 0 bridgehead atoms.